The van der Waals surface area contributed by atoms with Crippen LogP contribution in [0.25, 0.3) is 0 Å². The topological polar surface area (TPSA) is 15.3 Å². The lowest BCUT2D eigenvalue weighted by Gasteiger charge is -2.36. The summed E-state index contributed by atoms with van der Waals surface area (Å²) in [6, 6.07) is 11.5. The molecule has 0 aromatic heterocycles. The minimum absolute atomic E-state index is 0.664. The molecule has 1 aliphatic rings. The summed E-state index contributed by atoms with van der Waals surface area (Å²) in [6.45, 7) is 9.20. The molecule has 2 nitrogen and oxygen atoms in total. The molecule has 0 bridgehead atoms. The first kappa shape index (κ1) is 12.6. The van der Waals surface area contributed by atoms with Crippen molar-refractivity contribution in [1.29, 1.82) is 0 Å². The summed E-state index contributed by atoms with van der Waals surface area (Å²) in [6.07, 6.45) is 1.26. The predicted octanol–water partition coefficient (Wildman–Crippen LogP) is 2.51. The van der Waals surface area contributed by atoms with Gasteiger partial charge >= 0.3 is 0 Å². The van der Waals surface area contributed by atoms with Crippen molar-refractivity contribution in [2.75, 3.05) is 19.6 Å². The van der Waals surface area contributed by atoms with Crippen LogP contribution < -0.4 is 5.32 Å². The fourth-order valence-electron chi connectivity index (χ4n) is 2.49. The third-order valence-electron chi connectivity index (χ3n) is 3.87. The second-order valence-electron chi connectivity index (χ2n) is 5.17. The van der Waals surface area contributed by atoms with Gasteiger partial charge in [-0.25, -0.2) is 0 Å². The minimum Gasteiger partial charge on any atom is -0.311 e. The Bertz CT molecular complexity index is 323. The smallest absolute Gasteiger partial charge is 0.0234 e. The van der Waals surface area contributed by atoms with Crippen LogP contribution in [-0.2, 0) is 6.54 Å². The van der Waals surface area contributed by atoms with Gasteiger partial charge in [0.1, 0.15) is 0 Å². The van der Waals surface area contributed by atoms with Crippen LogP contribution in [0.5, 0.6) is 0 Å². The van der Waals surface area contributed by atoms with Gasteiger partial charge in [0, 0.05) is 32.2 Å². The summed E-state index contributed by atoms with van der Waals surface area (Å²) in [4.78, 5) is 2.57. The van der Waals surface area contributed by atoms with Gasteiger partial charge in [0.05, 0.1) is 0 Å². The number of piperazine rings is 1. The van der Waals surface area contributed by atoms with Crippen LogP contribution in [0.3, 0.4) is 0 Å². The zero-order valence-corrected chi connectivity index (χ0v) is 11.0. The minimum atomic E-state index is 0.664. The molecule has 0 spiro atoms. The summed E-state index contributed by atoms with van der Waals surface area (Å²) in [7, 11) is 0. The summed E-state index contributed by atoms with van der Waals surface area (Å²) in [5, 5.41) is 3.64. The first-order chi connectivity index (χ1) is 8.29. The summed E-state index contributed by atoms with van der Waals surface area (Å²) >= 11 is 0. The molecule has 1 aliphatic heterocycles. The van der Waals surface area contributed by atoms with E-state index in [1.165, 1.54) is 25.1 Å². The molecule has 17 heavy (non-hydrogen) atoms. The molecule has 2 atom stereocenters. The molecule has 1 aromatic rings. The third kappa shape index (κ3) is 3.55. The Kier molecular flexibility index (Phi) is 4.57. The number of benzene rings is 1. The predicted molar refractivity (Wildman–Crippen MR) is 73.0 cm³/mol. The van der Waals surface area contributed by atoms with E-state index in [1.54, 1.807) is 0 Å². The maximum atomic E-state index is 3.64. The van der Waals surface area contributed by atoms with Crippen molar-refractivity contribution >= 4 is 0 Å². The molecule has 0 aliphatic carbocycles. The number of nitrogens with one attached hydrogen (secondary N) is 1. The zero-order chi connectivity index (χ0) is 12.1. The van der Waals surface area contributed by atoms with Crippen LogP contribution >= 0.6 is 0 Å². The van der Waals surface area contributed by atoms with Gasteiger partial charge in [-0.15, -0.1) is 0 Å². The lowest BCUT2D eigenvalue weighted by atomic mass is 9.97. The second-order valence-corrected chi connectivity index (χ2v) is 5.17. The van der Waals surface area contributed by atoms with Crippen molar-refractivity contribution in [3.8, 4) is 0 Å². The molecule has 94 valence electrons. The molecule has 1 heterocycles. The van der Waals surface area contributed by atoms with Crippen LogP contribution in [0, 0.1) is 5.92 Å². The quantitative estimate of drug-likeness (QED) is 0.858. The van der Waals surface area contributed by atoms with Gasteiger partial charge in [-0.1, -0.05) is 50.6 Å². The highest BCUT2D eigenvalue weighted by atomic mass is 15.2. The van der Waals surface area contributed by atoms with Gasteiger partial charge in [0.2, 0.25) is 0 Å². The summed E-state index contributed by atoms with van der Waals surface area (Å²) in [5.41, 5.74) is 1.43. The molecule has 0 saturated carbocycles. The van der Waals surface area contributed by atoms with Crippen LogP contribution in [-0.4, -0.2) is 30.6 Å². The summed E-state index contributed by atoms with van der Waals surface area (Å²) in [5.74, 6) is 0.772. The van der Waals surface area contributed by atoms with Crippen LogP contribution in [0.15, 0.2) is 30.3 Å². The number of hydrogen-bond acceptors (Lipinski definition) is 2. The Morgan fingerprint density at radius 1 is 1.35 bits per heavy atom. The van der Waals surface area contributed by atoms with Gasteiger partial charge in [-0.05, 0) is 11.5 Å². The second kappa shape index (κ2) is 6.18. The van der Waals surface area contributed by atoms with Gasteiger partial charge in [0.25, 0.3) is 0 Å². The van der Waals surface area contributed by atoms with E-state index in [9.17, 15) is 0 Å². The van der Waals surface area contributed by atoms with Crippen molar-refractivity contribution in [3.63, 3.8) is 0 Å². The van der Waals surface area contributed by atoms with E-state index < -0.39 is 0 Å². The van der Waals surface area contributed by atoms with Gasteiger partial charge in [0.15, 0.2) is 0 Å². The lowest BCUT2D eigenvalue weighted by molar-refractivity contribution is 0.162. The highest BCUT2D eigenvalue weighted by Crippen LogP contribution is 2.14. The molecule has 2 rings (SSSR count). The van der Waals surface area contributed by atoms with Crippen molar-refractivity contribution in [2.45, 2.75) is 32.9 Å². The standard InChI is InChI=1S/C15H24N2/c1-3-13(2)15-12-17(10-9-16-15)11-14-7-5-4-6-8-14/h4-8,13,15-16H,3,9-12H2,1-2H3/t13?,15-/m1/s1. The zero-order valence-electron chi connectivity index (χ0n) is 11.0. The maximum Gasteiger partial charge on any atom is 0.0234 e. The largest absolute Gasteiger partial charge is 0.311 e. The highest BCUT2D eigenvalue weighted by Gasteiger charge is 2.22. The molecule has 1 fully saturated rings. The fourth-order valence-corrected chi connectivity index (χ4v) is 2.49. The Balaban J connectivity index is 1.89. The van der Waals surface area contributed by atoms with E-state index in [0.717, 1.165) is 19.0 Å². The average molecular weight is 232 g/mol. The number of nitrogens with zero attached hydrogens (tertiary/aromatic N) is 1. The van der Waals surface area contributed by atoms with Gasteiger partial charge < -0.3 is 5.32 Å². The first-order valence-electron chi connectivity index (χ1n) is 6.79. The molecular weight excluding hydrogens is 208 g/mol. The molecule has 1 N–H and O–H groups in total. The Morgan fingerprint density at radius 2 is 2.12 bits per heavy atom. The molecule has 2 heteroatoms. The lowest BCUT2D eigenvalue weighted by Crippen LogP contribution is -2.52. The van der Waals surface area contributed by atoms with E-state index in [1.807, 2.05) is 0 Å². The summed E-state index contributed by atoms with van der Waals surface area (Å²) < 4.78 is 0. The van der Waals surface area contributed by atoms with E-state index in [4.69, 9.17) is 0 Å². The Hall–Kier alpha value is -0.860. The average Bonchev–Trinajstić information content (AvgIpc) is 2.39. The molecule has 1 unspecified atom stereocenters. The van der Waals surface area contributed by atoms with E-state index in [2.05, 4.69) is 54.4 Å². The Labute approximate surface area is 105 Å². The first-order valence-corrected chi connectivity index (χ1v) is 6.79. The molecule has 0 radical (unpaired) electrons. The maximum absolute atomic E-state index is 3.64. The van der Waals surface area contributed by atoms with Crippen molar-refractivity contribution < 1.29 is 0 Å². The van der Waals surface area contributed by atoms with Gasteiger partial charge in [-0.2, -0.15) is 0 Å². The van der Waals surface area contributed by atoms with E-state index in [-0.39, 0.29) is 0 Å². The van der Waals surface area contributed by atoms with Crippen molar-refractivity contribution in [2.24, 2.45) is 5.92 Å². The highest BCUT2D eigenvalue weighted by molar-refractivity contribution is 5.14. The molecule has 1 aromatic carbocycles. The van der Waals surface area contributed by atoms with Crippen molar-refractivity contribution in [3.05, 3.63) is 35.9 Å². The normalized spacial score (nSPS) is 23.5. The monoisotopic (exact) mass is 232 g/mol. The van der Waals surface area contributed by atoms with Crippen LogP contribution in [0.4, 0.5) is 0 Å². The number of hydrogen-bond donors (Lipinski definition) is 1. The Morgan fingerprint density at radius 3 is 2.82 bits per heavy atom. The molecule has 0 amide bonds. The van der Waals surface area contributed by atoms with E-state index in [0.29, 0.717) is 6.04 Å². The van der Waals surface area contributed by atoms with Crippen LogP contribution in [0.1, 0.15) is 25.8 Å². The third-order valence-corrected chi connectivity index (χ3v) is 3.87. The molecule has 1 saturated heterocycles. The van der Waals surface area contributed by atoms with Gasteiger partial charge in [-0.3, -0.25) is 4.90 Å². The van der Waals surface area contributed by atoms with Crippen molar-refractivity contribution in [1.82, 2.24) is 10.2 Å². The fraction of sp³-hybridized carbons (Fsp3) is 0.600. The SMILES string of the molecule is CCC(C)[C@H]1CN(Cc2ccccc2)CCN1. The molecular formula is C15H24N2. The van der Waals surface area contributed by atoms with E-state index >= 15 is 0 Å². The van der Waals surface area contributed by atoms with Crippen LogP contribution in [0.2, 0.25) is 0 Å². The number of rotatable bonds is 4.